The van der Waals surface area contributed by atoms with E-state index in [1.807, 2.05) is 12.2 Å². The average Bonchev–Trinajstić information content (AvgIpc) is 3.28. The highest BCUT2D eigenvalue weighted by molar-refractivity contribution is 7.00. The van der Waals surface area contributed by atoms with E-state index in [1.165, 1.54) is 55.6 Å². The summed E-state index contributed by atoms with van der Waals surface area (Å²) < 4.78 is 0. The lowest BCUT2D eigenvalue weighted by Crippen LogP contribution is -2.61. The molecule has 2 heterocycles. The number of aryl methyl sites for hydroxylation is 2. The molecule has 0 radical (unpaired) electrons. The van der Waals surface area contributed by atoms with Gasteiger partial charge in [0.05, 0.1) is 11.4 Å². The smallest absolute Gasteiger partial charge is 0.252 e. The Balaban J connectivity index is 1.47. The maximum atomic E-state index is 4.30. The third-order valence-electron chi connectivity index (χ3n) is 13.6. The fourth-order valence-corrected chi connectivity index (χ4v) is 9.84. The maximum absolute atomic E-state index is 4.30. The van der Waals surface area contributed by atoms with Crippen LogP contribution in [0.25, 0.3) is 5.57 Å². The Kier molecular flexibility index (Phi) is 11.2. The third-order valence-corrected chi connectivity index (χ3v) is 13.6. The zero-order valence-electron chi connectivity index (χ0n) is 40.9. The number of fused-ring (bicyclic) bond motifs is 4. The molecule has 0 N–H and O–H groups in total. The number of rotatable bonds is 8. The number of nitrogens with zero attached hydrogens (tertiary/aromatic N) is 3. The molecule has 66 heavy (non-hydrogen) atoms. The molecule has 0 spiro atoms. The number of allylic oxidation sites excluding steroid dienone is 4. The second-order valence-corrected chi connectivity index (χ2v) is 21.4. The highest BCUT2D eigenvalue weighted by atomic mass is 15.2. The van der Waals surface area contributed by atoms with Gasteiger partial charge in [-0.2, -0.15) is 0 Å². The van der Waals surface area contributed by atoms with Crippen molar-refractivity contribution in [3.05, 3.63) is 210 Å². The lowest BCUT2D eigenvalue weighted by molar-refractivity contribution is 0.590. The van der Waals surface area contributed by atoms with Crippen molar-refractivity contribution in [2.45, 2.75) is 92.4 Å². The molecular weight excluding hydrogens is 798 g/mol. The van der Waals surface area contributed by atoms with Crippen LogP contribution in [0.2, 0.25) is 0 Å². The standard InChI is InChI=1S/C62H64BN3/c1-14-18-43(15-2)51-19-16-17-20-54(51)66-56-36-28-46(62(11,12)13)38-53(56)63-52-37-45(61(8,9)10)27-35-55(52)65(49-33-25-44(26-34-49)60(5,6)7)57-39-50(40-58(66)59(57)63)64(47-29-21-41(3)22-30-47)48-31-23-42(4)24-32-48/h14-40H,1-2H2,3-13H3/b43-18+. The van der Waals surface area contributed by atoms with Crippen LogP contribution in [0.1, 0.15) is 95.7 Å². The molecule has 330 valence electrons. The molecule has 0 fully saturated rings. The number of hydrogen-bond acceptors (Lipinski definition) is 3. The van der Waals surface area contributed by atoms with Crippen LogP contribution in [-0.2, 0) is 16.2 Å². The van der Waals surface area contributed by atoms with Crippen LogP contribution < -0.4 is 31.1 Å². The zero-order chi connectivity index (χ0) is 46.9. The van der Waals surface area contributed by atoms with E-state index in [0.717, 1.165) is 50.9 Å². The van der Waals surface area contributed by atoms with Crippen molar-refractivity contribution in [3.8, 4) is 0 Å². The molecule has 0 bridgehead atoms. The van der Waals surface area contributed by atoms with Gasteiger partial charge in [-0.05, 0) is 135 Å². The molecule has 0 saturated carbocycles. The Hall–Kier alpha value is -6.78. The molecule has 2 aliphatic rings. The highest BCUT2D eigenvalue weighted by Gasteiger charge is 2.45. The van der Waals surface area contributed by atoms with E-state index >= 15 is 0 Å². The van der Waals surface area contributed by atoms with Crippen LogP contribution in [0.3, 0.4) is 0 Å². The van der Waals surface area contributed by atoms with Crippen molar-refractivity contribution in [3.63, 3.8) is 0 Å². The summed E-state index contributed by atoms with van der Waals surface area (Å²) in [4.78, 5) is 7.52. The quantitative estimate of drug-likeness (QED) is 0.111. The molecule has 0 aliphatic carbocycles. The van der Waals surface area contributed by atoms with Crippen LogP contribution in [-0.4, -0.2) is 6.71 Å². The summed E-state index contributed by atoms with van der Waals surface area (Å²) in [5, 5.41) is 0. The van der Waals surface area contributed by atoms with E-state index in [0.29, 0.717) is 0 Å². The monoisotopic (exact) mass is 862 g/mol. The number of para-hydroxylation sites is 1. The Bertz CT molecular complexity index is 2980. The summed E-state index contributed by atoms with van der Waals surface area (Å²) in [5.41, 5.74) is 22.4. The van der Waals surface area contributed by atoms with E-state index in [4.69, 9.17) is 0 Å². The van der Waals surface area contributed by atoms with Crippen molar-refractivity contribution >= 4 is 79.9 Å². The largest absolute Gasteiger partial charge is 0.311 e. The van der Waals surface area contributed by atoms with Gasteiger partial charge in [0.15, 0.2) is 0 Å². The van der Waals surface area contributed by atoms with E-state index in [-0.39, 0.29) is 23.0 Å². The Morgan fingerprint density at radius 1 is 0.485 bits per heavy atom. The first-order valence-corrected chi connectivity index (χ1v) is 23.5. The molecule has 0 atom stereocenters. The number of hydrogen-bond donors (Lipinski definition) is 0. The van der Waals surface area contributed by atoms with Gasteiger partial charge in [-0.1, -0.05) is 184 Å². The highest BCUT2D eigenvalue weighted by Crippen LogP contribution is 2.50. The van der Waals surface area contributed by atoms with Gasteiger partial charge in [-0.15, -0.1) is 0 Å². The minimum atomic E-state index is -0.0678. The van der Waals surface area contributed by atoms with Crippen LogP contribution in [0.4, 0.5) is 51.2 Å². The Labute approximate surface area is 395 Å². The Morgan fingerprint density at radius 3 is 1.44 bits per heavy atom. The van der Waals surface area contributed by atoms with Crippen molar-refractivity contribution in [2.24, 2.45) is 0 Å². The van der Waals surface area contributed by atoms with Gasteiger partial charge in [0.1, 0.15) is 0 Å². The van der Waals surface area contributed by atoms with Gasteiger partial charge >= 0.3 is 0 Å². The average molecular weight is 862 g/mol. The van der Waals surface area contributed by atoms with Crippen LogP contribution in [0.5, 0.6) is 0 Å². The number of anilines is 9. The van der Waals surface area contributed by atoms with Crippen molar-refractivity contribution in [1.82, 2.24) is 0 Å². The van der Waals surface area contributed by atoms with E-state index < -0.39 is 0 Å². The second-order valence-electron chi connectivity index (χ2n) is 21.4. The molecular formula is C62H64BN3. The first-order chi connectivity index (χ1) is 31.4. The lowest BCUT2D eigenvalue weighted by atomic mass is 9.33. The molecule has 0 aromatic heterocycles. The fourth-order valence-electron chi connectivity index (χ4n) is 9.84. The summed E-state index contributed by atoms with van der Waals surface area (Å²) in [6, 6.07) is 55.4. The van der Waals surface area contributed by atoms with Crippen LogP contribution in [0.15, 0.2) is 177 Å². The molecule has 3 nitrogen and oxygen atoms in total. The van der Waals surface area contributed by atoms with Gasteiger partial charge in [-0.3, -0.25) is 0 Å². The van der Waals surface area contributed by atoms with Crippen LogP contribution >= 0.6 is 0 Å². The molecule has 2 aliphatic heterocycles. The first-order valence-electron chi connectivity index (χ1n) is 23.5. The lowest BCUT2D eigenvalue weighted by Gasteiger charge is -2.46. The van der Waals surface area contributed by atoms with Crippen molar-refractivity contribution in [1.29, 1.82) is 0 Å². The second kappa shape index (κ2) is 16.6. The van der Waals surface area contributed by atoms with E-state index in [2.05, 4.69) is 256 Å². The molecule has 4 heteroatoms. The molecule has 0 unspecified atom stereocenters. The predicted octanol–water partition coefficient (Wildman–Crippen LogP) is 15.5. The van der Waals surface area contributed by atoms with E-state index in [9.17, 15) is 0 Å². The van der Waals surface area contributed by atoms with Gasteiger partial charge in [0.2, 0.25) is 0 Å². The summed E-state index contributed by atoms with van der Waals surface area (Å²) in [5.74, 6) is 0. The first kappa shape index (κ1) is 44.4. The normalized spacial score (nSPS) is 13.5. The minimum absolute atomic E-state index is 0.0133. The van der Waals surface area contributed by atoms with Gasteiger partial charge in [0.25, 0.3) is 6.71 Å². The zero-order valence-corrected chi connectivity index (χ0v) is 40.9. The summed E-state index contributed by atoms with van der Waals surface area (Å²) >= 11 is 0. The third kappa shape index (κ3) is 7.91. The molecule has 7 aromatic rings. The van der Waals surface area contributed by atoms with Crippen molar-refractivity contribution < 1.29 is 0 Å². The maximum Gasteiger partial charge on any atom is 0.252 e. The minimum Gasteiger partial charge on any atom is -0.311 e. The fraction of sp³-hybridized carbons (Fsp3) is 0.226. The Morgan fingerprint density at radius 2 is 0.955 bits per heavy atom. The molecule has 7 aromatic carbocycles. The predicted molar refractivity (Wildman–Crippen MR) is 289 cm³/mol. The summed E-state index contributed by atoms with van der Waals surface area (Å²) in [6.45, 7) is 33.5. The molecule has 9 rings (SSSR count). The molecule has 0 amide bonds. The van der Waals surface area contributed by atoms with Gasteiger partial charge in [0, 0.05) is 45.4 Å². The SMILES string of the molecule is C=C/C=C(\C=C)c1ccccc1N1c2ccc(C(C)(C)C)cc2B2c3cc(C(C)(C)C)ccc3N(c3ccc(C(C)(C)C)cc3)c3cc(N(c4ccc(C)cc4)c4ccc(C)cc4)cc1c32. The number of benzene rings is 7. The van der Waals surface area contributed by atoms with Crippen LogP contribution in [0, 0.1) is 13.8 Å². The van der Waals surface area contributed by atoms with Crippen molar-refractivity contribution in [2.75, 3.05) is 14.7 Å². The van der Waals surface area contributed by atoms with Gasteiger partial charge in [-0.25, -0.2) is 0 Å². The topological polar surface area (TPSA) is 9.72 Å². The molecule has 0 saturated heterocycles. The summed E-state index contributed by atoms with van der Waals surface area (Å²) in [6.07, 6.45) is 5.88. The van der Waals surface area contributed by atoms with E-state index in [1.54, 1.807) is 0 Å². The summed E-state index contributed by atoms with van der Waals surface area (Å²) in [7, 11) is 0. The van der Waals surface area contributed by atoms with Gasteiger partial charge < -0.3 is 14.7 Å².